The molecule has 2 aliphatic heterocycles. The Kier molecular flexibility index (Phi) is 12.2. The number of fused-ring (bicyclic) bond motifs is 2. The lowest BCUT2D eigenvalue weighted by atomic mass is 9.81. The molecule has 0 radical (unpaired) electrons. The first kappa shape index (κ1) is 39.7. The number of hydrogen-bond acceptors (Lipinski definition) is 8. The molecular weight excluding hydrogens is 697 g/mol. The van der Waals surface area contributed by atoms with E-state index in [0.717, 1.165) is 28.3 Å². The van der Waals surface area contributed by atoms with Gasteiger partial charge in [-0.3, -0.25) is 14.1 Å². The molecule has 0 saturated carbocycles. The van der Waals surface area contributed by atoms with E-state index in [0.29, 0.717) is 57.2 Å². The summed E-state index contributed by atoms with van der Waals surface area (Å²) >= 11 is 0. The van der Waals surface area contributed by atoms with E-state index in [-0.39, 0.29) is 22.6 Å². The lowest BCUT2D eigenvalue weighted by Gasteiger charge is -2.27. The maximum Gasteiger partial charge on any atom is 0.303 e. The zero-order valence-corrected chi connectivity index (χ0v) is 31.0. The largest absolute Gasteiger partial charge is 0.744 e. The van der Waals surface area contributed by atoms with Crippen LogP contribution in [0.2, 0.25) is 0 Å². The average molecular weight is 743 g/mol. The Morgan fingerprint density at radius 2 is 1.39 bits per heavy atom. The monoisotopic (exact) mass is 742 g/mol. The molecule has 276 valence electrons. The minimum Gasteiger partial charge on any atom is -0.744 e. The Bertz CT molecular complexity index is 2020. The fourth-order valence-corrected chi connectivity index (χ4v) is 7.91. The summed E-state index contributed by atoms with van der Waals surface area (Å²) in [4.78, 5) is 23.6. The van der Waals surface area contributed by atoms with Crippen molar-refractivity contribution in [2.75, 3.05) is 18.0 Å². The SMILES string of the molecule is CC1(C)C(/C=C/C=C/C=C2\N(CCCCCC(=O)O)c3ccc(S(=O)(=O)O)cc3C2(C)C)=[N+](CCCCCC(=O)O)c2ccc(S(=O)(=O)[O-])cc21. The van der Waals surface area contributed by atoms with Gasteiger partial charge in [0.15, 0.2) is 5.71 Å². The van der Waals surface area contributed by atoms with Gasteiger partial charge >= 0.3 is 11.9 Å². The van der Waals surface area contributed by atoms with Crippen LogP contribution in [0.1, 0.15) is 90.2 Å². The minimum atomic E-state index is -4.67. The van der Waals surface area contributed by atoms with Crippen LogP contribution in [-0.2, 0) is 40.7 Å². The van der Waals surface area contributed by atoms with Crippen molar-refractivity contribution in [1.82, 2.24) is 0 Å². The summed E-state index contributed by atoms with van der Waals surface area (Å²) in [7, 11) is -9.09. The highest BCUT2D eigenvalue weighted by Crippen LogP contribution is 2.48. The second-order valence-electron chi connectivity index (χ2n) is 13.9. The number of carboxylic acid groups (broad SMARTS) is 2. The van der Waals surface area contributed by atoms with Gasteiger partial charge in [0.2, 0.25) is 5.69 Å². The fourth-order valence-electron chi connectivity index (χ4n) is 6.91. The number of anilines is 1. The van der Waals surface area contributed by atoms with E-state index in [4.69, 9.17) is 10.2 Å². The van der Waals surface area contributed by atoms with Crippen molar-refractivity contribution < 1.29 is 50.3 Å². The smallest absolute Gasteiger partial charge is 0.303 e. The maximum atomic E-state index is 12.0. The molecule has 4 rings (SSSR count). The van der Waals surface area contributed by atoms with E-state index >= 15 is 0 Å². The number of hydrogen-bond donors (Lipinski definition) is 3. The highest BCUT2D eigenvalue weighted by atomic mass is 32.2. The second-order valence-corrected chi connectivity index (χ2v) is 16.7. The van der Waals surface area contributed by atoms with E-state index < -0.39 is 43.0 Å². The fraction of sp³-hybridized carbons (Fsp3) is 0.432. The maximum absolute atomic E-state index is 12.0. The predicted molar refractivity (Wildman–Crippen MR) is 192 cm³/mol. The number of allylic oxidation sites excluding steroid dienone is 6. The molecule has 0 spiro atoms. The van der Waals surface area contributed by atoms with Gasteiger partial charge in [0.05, 0.1) is 15.2 Å². The van der Waals surface area contributed by atoms with Crippen molar-refractivity contribution in [3.8, 4) is 0 Å². The molecule has 0 fully saturated rings. The summed E-state index contributed by atoms with van der Waals surface area (Å²) in [5.41, 5.74) is 3.50. The van der Waals surface area contributed by atoms with E-state index in [2.05, 4.69) is 9.48 Å². The first-order valence-corrected chi connectivity index (χ1v) is 19.7. The van der Waals surface area contributed by atoms with Crippen LogP contribution in [0, 0.1) is 0 Å². The molecule has 14 heteroatoms. The number of carbonyl (C=O) groups is 2. The van der Waals surface area contributed by atoms with Crippen molar-refractivity contribution in [3.05, 3.63) is 83.6 Å². The molecule has 2 aliphatic rings. The zero-order valence-electron chi connectivity index (χ0n) is 29.3. The Balaban J connectivity index is 1.65. The zero-order chi connectivity index (χ0) is 37.8. The van der Waals surface area contributed by atoms with Gasteiger partial charge < -0.3 is 19.7 Å². The normalized spacial score (nSPS) is 17.5. The molecule has 0 saturated heterocycles. The van der Waals surface area contributed by atoms with E-state index in [1.165, 1.54) is 24.3 Å². The third-order valence-corrected chi connectivity index (χ3v) is 11.3. The topological polar surface area (TPSA) is 192 Å². The van der Waals surface area contributed by atoms with Crippen LogP contribution in [0.15, 0.2) is 82.3 Å². The molecule has 2 aromatic carbocycles. The van der Waals surface area contributed by atoms with E-state index in [9.17, 15) is 35.5 Å². The molecular formula is C37H46N2O10S2. The number of nitrogens with zero attached hydrogens (tertiary/aromatic N) is 2. The van der Waals surface area contributed by atoms with Gasteiger partial charge in [0, 0.05) is 60.3 Å². The quantitative estimate of drug-likeness (QED) is 0.0713. The van der Waals surface area contributed by atoms with Crippen molar-refractivity contribution in [1.29, 1.82) is 0 Å². The summed E-state index contributed by atoms with van der Waals surface area (Å²) in [6.45, 7) is 8.99. The number of rotatable bonds is 17. The van der Waals surface area contributed by atoms with Gasteiger partial charge in [0.1, 0.15) is 16.7 Å². The third kappa shape index (κ3) is 9.23. The molecule has 0 aliphatic carbocycles. The number of carboxylic acids is 2. The van der Waals surface area contributed by atoms with E-state index in [1.54, 1.807) is 12.1 Å². The van der Waals surface area contributed by atoms with Gasteiger partial charge in [-0.1, -0.05) is 38.5 Å². The molecule has 2 aromatic rings. The van der Waals surface area contributed by atoms with Gasteiger partial charge in [-0.25, -0.2) is 8.42 Å². The predicted octanol–water partition coefficient (Wildman–Crippen LogP) is 6.30. The van der Waals surface area contributed by atoms with Crippen LogP contribution in [0.5, 0.6) is 0 Å². The Morgan fingerprint density at radius 3 is 2.00 bits per heavy atom. The molecule has 0 aromatic heterocycles. The minimum absolute atomic E-state index is 0.0787. The molecule has 51 heavy (non-hydrogen) atoms. The van der Waals surface area contributed by atoms with Gasteiger partial charge in [0.25, 0.3) is 10.1 Å². The van der Waals surface area contributed by atoms with Crippen LogP contribution in [-0.4, -0.2) is 71.5 Å². The van der Waals surface area contributed by atoms with Crippen LogP contribution in [0.4, 0.5) is 11.4 Å². The lowest BCUT2D eigenvalue weighted by Crippen LogP contribution is -2.28. The molecule has 12 nitrogen and oxygen atoms in total. The van der Waals surface area contributed by atoms with Gasteiger partial charge in [-0.2, -0.15) is 13.0 Å². The Labute approximate surface area is 300 Å². The van der Waals surface area contributed by atoms with Gasteiger partial charge in [-0.15, -0.1) is 0 Å². The van der Waals surface area contributed by atoms with Crippen molar-refractivity contribution in [2.24, 2.45) is 0 Å². The second kappa shape index (κ2) is 15.6. The summed E-state index contributed by atoms with van der Waals surface area (Å²) in [5, 5.41) is 18.0. The molecule has 0 atom stereocenters. The first-order valence-electron chi connectivity index (χ1n) is 16.9. The number of unbranched alkanes of at least 4 members (excludes halogenated alkanes) is 4. The summed E-state index contributed by atoms with van der Waals surface area (Å²) in [5.74, 6) is -1.70. The van der Waals surface area contributed by atoms with E-state index in [1.807, 2.05) is 58.1 Å². The van der Waals surface area contributed by atoms with Crippen molar-refractivity contribution >= 4 is 49.3 Å². The summed E-state index contributed by atoms with van der Waals surface area (Å²) < 4.78 is 71.3. The summed E-state index contributed by atoms with van der Waals surface area (Å²) in [6.07, 6.45) is 13.5. The van der Waals surface area contributed by atoms with Crippen LogP contribution in [0.3, 0.4) is 0 Å². The molecule has 2 heterocycles. The summed E-state index contributed by atoms with van der Waals surface area (Å²) in [6, 6.07) is 8.92. The van der Waals surface area contributed by atoms with Crippen molar-refractivity contribution in [3.63, 3.8) is 0 Å². The van der Waals surface area contributed by atoms with Crippen molar-refractivity contribution in [2.45, 2.75) is 99.7 Å². The van der Waals surface area contributed by atoms with Crippen LogP contribution >= 0.6 is 0 Å². The third-order valence-electron chi connectivity index (χ3n) is 9.59. The number of aliphatic carboxylic acids is 2. The molecule has 0 amide bonds. The lowest BCUT2D eigenvalue weighted by molar-refractivity contribution is -0.438. The molecule has 0 unspecified atom stereocenters. The standard InChI is InChI=1S/C37H46N2O10S2/c1-36(2)28-24-26(50(44,45)46)18-20-30(28)38(22-12-6-10-16-34(40)41)32(36)14-8-5-9-15-33-37(3,4)29-25-27(51(47,48)49)19-21-31(29)39(33)23-13-7-11-17-35(42)43/h5,8-9,14-15,18-21,24-25H,6-7,10-13,16-17,22-23H2,1-4H3,(H3-,40,41,42,43,44,45,46,47,48,49). The molecule has 3 N–H and O–H groups in total. The van der Waals surface area contributed by atoms with Crippen LogP contribution < -0.4 is 4.90 Å². The average Bonchev–Trinajstić information content (AvgIpc) is 3.37. The Morgan fingerprint density at radius 1 is 0.784 bits per heavy atom. The highest BCUT2D eigenvalue weighted by Gasteiger charge is 2.44. The van der Waals surface area contributed by atoms with Crippen LogP contribution in [0.25, 0.3) is 0 Å². The Hall–Kier alpha value is -4.11. The van der Waals surface area contributed by atoms with Gasteiger partial charge in [-0.05, 0) is 81.5 Å². The highest BCUT2D eigenvalue weighted by molar-refractivity contribution is 7.86. The number of benzene rings is 2. The molecule has 0 bridgehead atoms. The first-order chi connectivity index (χ1) is 23.8.